The molecular weight excluding hydrogens is 527 g/mol. The highest BCUT2D eigenvalue weighted by atomic mass is 79.9. The molecule has 0 bridgehead atoms. The van der Waals surface area contributed by atoms with Crippen molar-refractivity contribution in [2.45, 2.75) is 13.8 Å². The van der Waals surface area contributed by atoms with Crippen molar-refractivity contribution < 1.29 is 13.9 Å². The summed E-state index contributed by atoms with van der Waals surface area (Å²) in [6, 6.07) is 18.5. The Kier molecular flexibility index (Phi) is 6.07. The molecule has 4 nitrogen and oxygen atoms in total. The zero-order valence-electron chi connectivity index (χ0n) is 16.7. The number of fused-ring (bicyclic) bond motifs is 3. The molecule has 0 unspecified atom stereocenters. The summed E-state index contributed by atoms with van der Waals surface area (Å²) in [4.78, 5) is 8.09. The van der Waals surface area contributed by atoms with E-state index in [-0.39, 0.29) is 5.75 Å². The Bertz CT molecular complexity index is 1420. The van der Waals surface area contributed by atoms with Crippen molar-refractivity contribution in [3.8, 4) is 16.9 Å². The van der Waals surface area contributed by atoms with Gasteiger partial charge < -0.3 is 9.52 Å². The topological polar surface area (TPSA) is 59.2 Å². The normalized spacial score (nSPS) is 10.9. The lowest BCUT2D eigenvalue weighted by Gasteiger charge is -2.07. The van der Waals surface area contributed by atoms with E-state index >= 15 is 0 Å². The maximum absolute atomic E-state index is 13.6. The zero-order valence-corrected chi connectivity index (χ0v) is 19.8. The number of phenols is 1. The van der Waals surface area contributed by atoms with Crippen LogP contribution in [0.5, 0.6) is 5.75 Å². The second-order valence-corrected chi connectivity index (χ2v) is 8.66. The summed E-state index contributed by atoms with van der Waals surface area (Å²) in [5.41, 5.74) is 3.87. The number of nitrogens with zero attached hydrogens (tertiary/aromatic N) is 2. The first kappa shape index (κ1) is 21.5. The molecule has 0 saturated carbocycles. The number of phenolic OH excluding ortho intramolecular Hbond substituents is 1. The minimum absolute atomic E-state index is 0.0204. The van der Waals surface area contributed by atoms with Crippen molar-refractivity contribution in [3.05, 3.63) is 86.9 Å². The van der Waals surface area contributed by atoms with Crippen LogP contribution in [0, 0.1) is 19.8 Å². The van der Waals surface area contributed by atoms with E-state index in [0.717, 1.165) is 26.5 Å². The van der Waals surface area contributed by atoms with Crippen LogP contribution < -0.4 is 0 Å². The highest BCUT2D eigenvalue weighted by molar-refractivity contribution is 9.11. The molecule has 5 aromatic rings. The van der Waals surface area contributed by atoms with E-state index in [4.69, 9.17) is 4.42 Å². The van der Waals surface area contributed by atoms with Gasteiger partial charge in [0.05, 0.1) is 8.95 Å². The summed E-state index contributed by atoms with van der Waals surface area (Å²) >= 11 is 6.66. The number of para-hydroxylation sites is 2. The van der Waals surface area contributed by atoms with Gasteiger partial charge in [0.2, 0.25) is 11.7 Å². The van der Waals surface area contributed by atoms with Crippen LogP contribution >= 0.6 is 31.9 Å². The van der Waals surface area contributed by atoms with Gasteiger partial charge >= 0.3 is 0 Å². The first-order valence-corrected chi connectivity index (χ1v) is 11.0. The number of benzene rings is 2. The molecule has 0 atom stereocenters. The summed E-state index contributed by atoms with van der Waals surface area (Å²) in [6.07, 6.45) is 0. The number of hydrogen-bond donors (Lipinski definition) is 1. The van der Waals surface area contributed by atoms with Gasteiger partial charge in [-0.25, -0.2) is 9.97 Å². The third-order valence-electron chi connectivity index (χ3n) is 4.72. The van der Waals surface area contributed by atoms with Crippen molar-refractivity contribution in [2.75, 3.05) is 0 Å². The Morgan fingerprint density at radius 1 is 0.774 bits per heavy atom. The molecule has 31 heavy (non-hydrogen) atoms. The lowest BCUT2D eigenvalue weighted by molar-refractivity contribution is 0.473. The van der Waals surface area contributed by atoms with Crippen molar-refractivity contribution in [2.24, 2.45) is 0 Å². The summed E-state index contributed by atoms with van der Waals surface area (Å²) in [5, 5.41) is 12.0. The lowest BCUT2D eigenvalue weighted by atomic mass is 10.1. The smallest absolute Gasteiger partial charge is 0.227 e. The van der Waals surface area contributed by atoms with Crippen LogP contribution in [0.3, 0.4) is 0 Å². The molecule has 0 spiro atoms. The minimum Gasteiger partial charge on any atom is -0.506 e. The van der Waals surface area contributed by atoms with E-state index in [1.807, 2.05) is 31.2 Å². The maximum atomic E-state index is 13.6. The molecule has 2 aromatic carbocycles. The summed E-state index contributed by atoms with van der Waals surface area (Å²) < 4.78 is 20.8. The van der Waals surface area contributed by atoms with Crippen molar-refractivity contribution in [1.29, 1.82) is 0 Å². The van der Waals surface area contributed by atoms with Crippen molar-refractivity contribution >= 4 is 53.9 Å². The predicted molar refractivity (Wildman–Crippen MR) is 128 cm³/mol. The molecule has 0 aliphatic carbocycles. The average molecular weight is 544 g/mol. The number of aryl methyl sites for hydroxylation is 2. The molecule has 3 heterocycles. The number of halogens is 3. The summed E-state index contributed by atoms with van der Waals surface area (Å²) in [5.74, 6) is -0.555. The Labute approximate surface area is 195 Å². The molecule has 0 aliphatic heterocycles. The fourth-order valence-corrected chi connectivity index (χ4v) is 4.01. The molecular formula is C24H17Br2FN2O2. The molecule has 1 N–H and O–H groups in total. The van der Waals surface area contributed by atoms with Crippen molar-refractivity contribution in [3.63, 3.8) is 0 Å². The van der Waals surface area contributed by atoms with Gasteiger partial charge in [-0.2, -0.15) is 4.39 Å². The molecule has 0 aliphatic rings. The van der Waals surface area contributed by atoms with Gasteiger partial charge in [0, 0.05) is 33.3 Å². The maximum Gasteiger partial charge on any atom is 0.227 e. The second kappa shape index (κ2) is 8.77. The number of furan rings is 1. The highest BCUT2D eigenvalue weighted by Crippen LogP contribution is 2.36. The molecule has 0 fully saturated rings. The van der Waals surface area contributed by atoms with Gasteiger partial charge in [0.25, 0.3) is 0 Å². The Morgan fingerprint density at radius 2 is 1.45 bits per heavy atom. The van der Waals surface area contributed by atoms with E-state index < -0.39 is 5.95 Å². The largest absolute Gasteiger partial charge is 0.506 e. The van der Waals surface area contributed by atoms with E-state index in [1.165, 1.54) is 0 Å². The average Bonchev–Trinajstić information content (AvgIpc) is 3.10. The zero-order chi connectivity index (χ0) is 22.1. The van der Waals surface area contributed by atoms with E-state index in [2.05, 4.69) is 47.9 Å². The molecule has 7 heteroatoms. The standard InChI is InChI=1S/C12H9BrFNO.C12H8BrNO/c1-7-5-6-9(12(14)15-7)8-3-2-4-10(13)11(8)16;1-7-5-6-9-8-3-2-4-10(13)11(8)15-12(9)14-7/h2-6,16H,1H3;2-6H,1H3. The highest BCUT2D eigenvalue weighted by Gasteiger charge is 2.12. The predicted octanol–water partition coefficient (Wildman–Crippen LogP) is 7.72. The molecule has 3 aromatic heterocycles. The SMILES string of the molecule is Cc1ccc(-c2cccc(Br)c2O)c(F)n1.Cc1ccc2c(n1)oc1c(Br)cccc12. The number of aromatic nitrogens is 2. The van der Waals surface area contributed by atoms with E-state index in [9.17, 15) is 9.50 Å². The summed E-state index contributed by atoms with van der Waals surface area (Å²) in [6.45, 7) is 3.68. The lowest BCUT2D eigenvalue weighted by Crippen LogP contribution is -1.91. The van der Waals surface area contributed by atoms with Crippen LogP contribution in [0.1, 0.15) is 11.4 Å². The fourth-order valence-electron chi connectivity index (χ4n) is 3.20. The van der Waals surface area contributed by atoms with Gasteiger partial charge in [-0.3, -0.25) is 0 Å². The summed E-state index contributed by atoms with van der Waals surface area (Å²) in [7, 11) is 0. The van der Waals surface area contributed by atoms with Gasteiger partial charge in [-0.1, -0.05) is 24.3 Å². The van der Waals surface area contributed by atoms with Crippen LogP contribution in [0.15, 0.2) is 74.0 Å². The van der Waals surface area contributed by atoms with Gasteiger partial charge in [-0.05, 0) is 82.1 Å². The monoisotopic (exact) mass is 542 g/mol. The van der Waals surface area contributed by atoms with Gasteiger partial charge in [0.1, 0.15) is 5.75 Å². The number of aromatic hydroxyl groups is 1. The second-order valence-electron chi connectivity index (χ2n) is 6.95. The molecule has 0 amide bonds. The van der Waals surface area contributed by atoms with E-state index in [1.54, 1.807) is 37.3 Å². The quantitative estimate of drug-likeness (QED) is 0.220. The Balaban J connectivity index is 0.000000149. The molecule has 0 radical (unpaired) electrons. The minimum atomic E-state index is -0.576. The van der Waals surface area contributed by atoms with Crippen molar-refractivity contribution in [1.82, 2.24) is 9.97 Å². The Hall–Kier alpha value is -2.77. The van der Waals surface area contributed by atoms with E-state index in [0.29, 0.717) is 27.0 Å². The molecule has 0 saturated heterocycles. The number of pyridine rings is 2. The first-order valence-electron chi connectivity index (χ1n) is 9.40. The first-order chi connectivity index (χ1) is 14.8. The Morgan fingerprint density at radius 3 is 2.23 bits per heavy atom. The third kappa shape index (κ3) is 4.34. The third-order valence-corrected chi connectivity index (χ3v) is 5.98. The van der Waals surface area contributed by atoms with Crippen LogP contribution in [0.25, 0.3) is 33.2 Å². The fraction of sp³-hybridized carbons (Fsp3) is 0.0833. The van der Waals surface area contributed by atoms with Crippen LogP contribution in [0.2, 0.25) is 0 Å². The van der Waals surface area contributed by atoms with Gasteiger partial charge in [0.15, 0.2) is 5.58 Å². The van der Waals surface area contributed by atoms with Crippen LogP contribution in [-0.2, 0) is 0 Å². The van der Waals surface area contributed by atoms with Crippen LogP contribution in [-0.4, -0.2) is 15.1 Å². The number of hydrogen-bond acceptors (Lipinski definition) is 4. The molecule has 156 valence electrons. The van der Waals surface area contributed by atoms with Gasteiger partial charge in [-0.15, -0.1) is 0 Å². The molecule has 5 rings (SSSR count). The number of rotatable bonds is 1. The van der Waals surface area contributed by atoms with Crippen LogP contribution in [0.4, 0.5) is 4.39 Å².